The number of benzene rings is 2. The molecule has 0 amide bonds. The molecule has 40 heavy (non-hydrogen) atoms. The van der Waals surface area contributed by atoms with E-state index in [1.54, 1.807) is 18.2 Å². The summed E-state index contributed by atoms with van der Waals surface area (Å²) in [5.74, 6) is 1.31. The molecular formula is C31H30FN5O3. The standard InChI is InChI=1S/C31H30FN5O3/c32-26-14-21(16-33)4-6-24(26)20-40-31-3-1-2-27(35-31)23-8-11-36(12-9-23)18-30-34-28-7-5-22(19-38)15-29(28)37(30)17-25-10-13-39-25/h1-7,14-15,19,23,25H,8-13,17-18,20H2/t25-/m0/s1. The normalized spacial score (nSPS) is 17.9. The first kappa shape index (κ1) is 26.1. The van der Waals surface area contributed by atoms with Crippen molar-refractivity contribution in [3.63, 3.8) is 0 Å². The molecule has 4 heterocycles. The number of likely N-dealkylation sites (tertiary alicyclic amines) is 1. The molecule has 0 radical (unpaired) electrons. The van der Waals surface area contributed by atoms with Crippen molar-refractivity contribution < 1.29 is 18.7 Å². The number of carbonyl (C=O) groups excluding carboxylic acids is 1. The van der Waals surface area contributed by atoms with Crippen molar-refractivity contribution in [1.29, 1.82) is 5.26 Å². The topological polar surface area (TPSA) is 93.3 Å². The summed E-state index contributed by atoms with van der Waals surface area (Å²) in [6.07, 6.45) is 4.02. The van der Waals surface area contributed by atoms with E-state index in [1.165, 1.54) is 6.07 Å². The molecule has 0 saturated carbocycles. The number of rotatable bonds is 9. The van der Waals surface area contributed by atoms with E-state index in [9.17, 15) is 9.18 Å². The molecule has 0 N–H and O–H groups in total. The summed E-state index contributed by atoms with van der Waals surface area (Å²) in [4.78, 5) is 23.4. The molecule has 0 bridgehead atoms. The molecule has 2 aliphatic rings. The Morgan fingerprint density at radius 1 is 1.10 bits per heavy atom. The van der Waals surface area contributed by atoms with E-state index < -0.39 is 5.82 Å². The smallest absolute Gasteiger partial charge is 0.213 e. The second kappa shape index (κ2) is 11.5. The molecule has 2 aliphatic heterocycles. The van der Waals surface area contributed by atoms with E-state index in [-0.39, 0.29) is 18.3 Å². The maximum atomic E-state index is 14.2. The maximum absolute atomic E-state index is 14.2. The highest BCUT2D eigenvalue weighted by molar-refractivity contribution is 5.85. The van der Waals surface area contributed by atoms with Gasteiger partial charge in [-0.25, -0.2) is 14.4 Å². The Morgan fingerprint density at radius 2 is 1.95 bits per heavy atom. The fourth-order valence-electron chi connectivity index (χ4n) is 5.43. The van der Waals surface area contributed by atoms with Crippen LogP contribution in [0.3, 0.4) is 0 Å². The number of imidazole rings is 1. The van der Waals surface area contributed by atoms with Crippen molar-refractivity contribution >= 4 is 17.3 Å². The van der Waals surface area contributed by atoms with Crippen LogP contribution in [0.2, 0.25) is 0 Å². The van der Waals surface area contributed by atoms with E-state index in [2.05, 4.69) is 9.47 Å². The average molecular weight is 540 g/mol. The monoisotopic (exact) mass is 539 g/mol. The number of carbonyl (C=O) groups is 1. The number of nitrogens with zero attached hydrogens (tertiary/aromatic N) is 5. The molecule has 8 nitrogen and oxygen atoms in total. The molecule has 6 rings (SSSR count). The van der Waals surface area contributed by atoms with Crippen LogP contribution < -0.4 is 4.74 Å². The number of halogens is 1. The second-order valence-electron chi connectivity index (χ2n) is 10.4. The van der Waals surface area contributed by atoms with E-state index >= 15 is 0 Å². The molecule has 9 heteroatoms. The molecule has 4 aromatic rings. The molecule has 0 spiro atoms. The Bertz CT molecular complexity index is 1570. The average Bonchev–Trinajstić information content (AvgIpc) is 3.30. The summed E-state index contributed by atoms with van der Waals surface area (Å²) < 4.78 is 27.9. The third kappa shape index (κ3) is 5.60. The van der Waals surface area contributed by atoms with Gasteiger partial charge in [0, 0.05) is 35.4 Å². The SMILES string of the molecule is N#Cc1ccc(COc2cccc(C3CCN(Cc4nc5ccc(C=O)cc5n4C[C@@H]4CCO4)CC3)n2)c(F)c1. The predicted octanol–water partition coefficient (Wildman–Crippen LogP) is 5.00. The van der Waals surface area contributed by atoms with Gasteiger partial charge in [0.2, 0.25) is 5.88 Å². The van der Waals surface area contributed by atoms with Crippen LogP contribution in [0, 0.1) is 17.1 Å². The summed E-state index contributed by atoms with van der Waals surface area (Å²) in [6, 6.07) is 17.7. The zero-order chi connectivity index (χ0) is 27.5. The lowest BCUT2D eigenvalue weighted by Crippen LogP contribution is -2.35. The Hall–Kier alpha value is -4.13. The lowest BCUT2D eigenvalue weighted by molar-refractivity contribution is -0.0592. The van der Waals surface area contributed by atoms with Crippen molar-refractivity contribution in [2.75, 3.05) is 19.7 Å². The minimum Gasteiger partial charge on any atom is -0.473 e. The van der Waals surface area contributed by atoms with Gasteiger partial charge >= 0.3 is 0 Å². The number of hydrogen-bond acceptors (Lipinski definition) is 7. The van der Waals surface area contributed by atoms with Crippen LogP contribution in [0.5, 0.6) is 5.88 Å². The van der Waals surface area contributed by atoms with Crippen molar-refractivity contribution in [2.24, 2.45) is 0 Å². The Balaban J connectivity index is 1.09. The second-order valence-corrected chi connectivity index (χ2v) is 10.4. The summed E-state index contributed by atoms with van der Waals surface area (Å²) in [5, 5.41) is 8.93. The third-order valence-electron chi connectivity index (χ3n) is 7.84. The highest BCUT2D eigenvalue weighted by atomic mass is 19.1. The van der Waals surface area contributed by atoms with Gasteiger partial charge in [0.05, 0.1) is 41.9 Å². The summed E-state index contributed by atoms with van der Waals surface area (Å²) >= 11 is 0. The van der Waals surface area contributed by atoms with Gasteiger partial charge in [-0.3, -0.25) is 9.69 Å². The quantitative estimate of drug-likeness (QED) is 0.276. The Labute approximate surface area is 232 Å². The molecule has 2 saturated heterocycles. The fraction of sp³-hybridized carbons (Fsp3) is 0.355. The Morgan fingerprint density at radius 3 is 2.67 bits per heavy atom. The number of ether oxygens (including phenoxy) is 2. The highest BCUT2D eigenvalue weighted by Gasteiger charge is 2.26. The number of piperidine rings is 1. The largest absolute Gasteiger partial charge is 0.473 e. The van der Waals surface area contributed by atoms with Crippen LogP contribution in [-0.4, -0.2) is 51.5 Å². The van der Waals surface area contributed by atoms with Crippen molar-refractivity contribution in [2.45, 2.75) is 51.0 Å². The zero-order valence-electron chi connectivity index (χ0n) is 22.1. The molecule has 1 atom stereocenters. The van der Waals surface area contributed by atoms with Gasteiger partial charge in [-0.2, -0.15) is 5.26 Å². The van der Waals surface area contributed by atoms with Crippen LogP contribution in [0.25, 0.3) is 11.0 Å². The van der Waals surface area contributed by atoms with Gasteiger partial charge in [-0.15, -0.1) is 0 Å². The minimum atomic E-state index is -0.458. The van der Waals surface area contributed by atoms with Crippen molar-refractivity contribution in [3.05, 3.63) is 88.6 Å². The summed E-state index contributed by atoms with van der Waals surface area (Å²) in [7, 11) is 0. The van der Waals surface area contributed by atoms with Gasteiger partial charge < -0.3 is 14.0 Å². The molecule has 2 aromatic carbocycles. The van der Waals surface area contributed by atoms with Gasteiger partial charge in [0.25, 0.3) is 0 Å². The molecule has 0 aliphatic carbocycles. The van der Waals surface area contributed by atoms with E-state index in [0.29, 0.717) is 22.9 Å². The number of aromatic nitrogens is 3. The number of pyridine rings is 1. The fourth-order valence-corrected chi connectivity index (χ4v) is 5.43. The zero-order valence-corrected chi connectivity index (χ0v) is 22.1. The first-order chi connectivity index (χ1) is 19.6. The molecule has 2 aromatic heterocycles. The Kier molecular flexibility index (Phi) is 7.53. The highest BCUT2D eigenvalue weighted by Crippen LogP contribution is 2.30. The van der Waals surface area contributed by atoms with E-state index in [0.717, 1.165) is 80.9 Å². The number of aldehydes is 1. The molecule has 0 unspecified atom stereocenters. The van der Waals surface area contributed by atoms with Crippen molar-refractivity contribution in [1.82, 2.24) is 19.4 Å². The van der Waals surface area contributed by atoms with Crippen LogP contribution in [0.4, 0.5) is 4.39 Å². The van der Waals surface area contributed by atoms with Crippen LogP contribution in [-0.2, 0) is 24.4 Å². The van der Waals surface area contributed by atoms with Gasteiger partial charge in [0.1, 0.15) is 24.5 Å². The first-order valence-electron chi connectivity index (χ1n) is 13.7. The van der Waals surface area contributed by atoms with Gasteiger partial charge in [-0.05, 0) is 68.8 Å². The lowest BCUT2D eigenvalue weighted by atomic mass is 9.93. The van der Waals surface area contributed by atoms with Gasteiger partial charge in [-0.1, -0.05) is 12.1 Å². The minimum absolute atomic E-state index is 0.0493. The third-order valence-corrected chi connectivity index (χ3v) is 7.84. The van der Waals surface area contributed by atoms with Crippen LogP contribution in [0.15, 0.2) is 54.6 Å². The number of hydrogen-bond donors (Lipinski definition) is 0. The van der Waals surface area contributed by atoms with E-state index in [4.69, 9.17) is 24.7 Å². The van der Waals surface area contributed by atoms with Crippen molar-refractivity contribution in [3.8, 4) is 11.9 Å². The van der Waals surface area contributed by atoms with E-state index in [1.807, 2.05) is 36.4 Å². The predicted molar refractivity (Wildman–Crippen MR) is 146 cm³/mol. The summed E-state index contributed by atoms with van der Waals surface area (Å²) in [5.41, 5.74) is 4.18. The lowest BCUT2D eigenvalue weighted by Gasteiger charge is -2.32. The number of nitriles is 1. The molecular weight excluding hydrogens is 509 g/mol. The van der Waals surface area contributed by atoms with Crippen LogP contribution in [0.1, 0.15) is 58.2 Å². The molecule has 2 fully saturated rings. The van der Waals surface area contributed by atoms with Crippen LogP contribution >= 0.6 is 0 Å². The van der Waals surface area contributed by atoms with Gasteiger partial charge in [0.15, 0.2) is 0 Å². The first-order valence-corrected chi connectivity index (χ1v) is 13.7. The molecule has 204 valence electrons. The maximum Gasteiger partial charge on any atom is 0.213 e. The summed E-state index contributed by atoms with van der Waals surface area (Å²) in [6.45, 7) is 4.15. The number of fused-ring (bicyclic) bond motifs is 1.